The molecule has 2 amide bonds. The van der Waals surface area contributed by atoms with Gasteiger partial charge in [0.2, 0.25) is 5.91 Å². The molecular weight excluding hydrogens is 308 g/mol. The summed E-state index contributed by atoms with van der Waals surface area (Å²) >= 11 is 0. The van der Waals surface area contributed by atoms with E-state index in [1.165, 1.54) is 7.11 Å². The van der Waals surface area contributed by atoms with E-state index in [1.807, 2.05) is 33.8 Å². The van der Waals surface area contributed by atoms with Crippen LogP contribution < -0.4 is 10.6 Å². The number of esters is 1. The van der Waals surface area contributed by atoms with Crippen molar-refractivity contribution in [3.05, 3.63) is 35.9 Å². The van der Waals surface area contributed by atoms with Crippen molar-refractivity contribution < 1.29 is 19.1 Å². The van der Waals surface area contributed by atoms with Crippen LogP contribution in [0, 0.1) is 11.8 Å². The second-order valence-electron chi connectivity index (χ2n) is 6.31. The van der Waals surface area contributed by atoms with Crippen molar-refractivity contribution in [1.29, 1.82) is 0 Å². The molecule has 2 atom stereocenters. The quantitative estimate of drug-likeness (QED) is 0.744. The average molecular weight is 334 g/mol. The fraction of sp³-hybridized carbons (Fsp3) is 0.500. The lowest BCUT2D eigenvalue weighted by Crippen LogP contribution is -2.55. The van der Waals surface area contributed by atoms with Crippen LogP contribution in [-0.2, 0) is 14.3 Å². The van der Waals surface area contributed by atoms with Crippen molar-refractivity contribution in [2.75, 3.05) is 7.11 Å². The van der Waals surface area contributed by atoms with E-state index in [2.05, 4.69) is 10.6 Å². The third kappa shape index (κ3) is 5.37. The van der Waals surface area contributed by atoms with E-state index in [9.17, 15) is 14.4 Å². The zero-order chi connectivity index (χ0) is 18.3. The number of rotatable bonds is 7. The van der Waals surface area contributed by atoms with Crippen molar-refractivity contribution in [1.82, 2.24) is 10.6 Å². The molecule has 0 aliphatic rings. The summed E-state index contributed by atoms with van der Waals surface area (Å²) in [4.78, 5) is 36.6. The zero-order valence-electron chi connectivity index (χ0n) is 14.8. The van der Waals surface area contributed by atoms with Gasteiger partial charge in [0.25, 0.3) is 5.91 Å². The topological polar surface area (TPSA) is 84.5 Å². The number of hydrogen-bond acceptors (Lipinski definition) is 4. The van der Waals surface area contributed by atoms with Crippen LogP contribution in [0.4, 0.5) is 0 Å². The lowest BCUT2D eigenvalue weighted by Gasteiger charge is -2.26. The van der Waals surface area contributed by atoms with Crippen LogP contribution in [-0.4, -0.2) is 37.0 Å². The molecule has 24 heavy (non-hydrogen) atoms. The van der Waals surface area contributed by atoms with E-state index in [-0.39, 0.29) is 17.7 Å². The molecule has 132 valence electrons. The van der Waals surface area contributed by atoms with Gasteiger partial charge in [0, 0.05) is 5.56 Å². The van der Waals surface area contributed by atoms with Gasteiger partial charge >= 0.3 is 5.97 Å². The molecule has 2 N–H and O–H groups in total. The third-order valence-corrected chi connectivity index (χ3v) is 3.69. The first-order valence-electron chi connectivity index (χ1n) is 8.02. The molecule has 0 saturated carbocycles. The maximum atomic E-state index is 12.6. The lowest BCUT2D eigenvalue weighted by atomic mass is 10.00. The maximum Gasteiger partial charge on any atom is 0.328 e. The van der Waals surface area contributed by atoms with Crippen LogP contribution >= 0.6 is 0 Å². The van der Waals surface area contributed by atoms with Gasteiger partial charge in [-0.25, -0.2) is 4.79 Å². The fourth-order valence-electron chi connectivity index (χ4n) is 2.22. The van der Waals surface area contributed by atoms with E-state index < -0.39 is 24.0 Å². The number of methoxy groups -OCH3 is 1. The minimum atomic E-state index is -0.752. The van der Waals surface area contributed by atoms with Crippen molar-refractivity contribution in [3.8, 4) is 0 Å². The number of ether oxygens (including phenoxy) is 1. The zero-order valence-corrected chi connectivity index (χ0v) is 14.8. The first-order valence-corrected chi connectivity index (χ1v) is 8.02. The molecule has 0 aliphatic heterocycles. The molecule has 0 spiro atoms. The maximum absolute atomic E-state index is 12.6. The van der Waals surface area contributed by atoms with Gasteiger partial charge in [-0.2, -0.15) is 0 Å². The average Bonchev–Trinajstić information content (AvgIpc) is 2.56. The number of amides is 2. The molecule has 1 aromatic rings. The molecule has 6 nitrogen and oxygen atoms in total. The number of hydrogen-bond donors (Lipinski definition) is 2. The molecule has 0 fully saturated rings. The van der Waals surface area contributed by atoms with Gasteiger partial charge in [-0.15, -0.1) is 0 Å². The highest BCUT2D eigenvalue weighted by atomic mass is 16.5. The van der Waals surface area contributed by atoms with E-state index >= 15 is 0 Å². The van der Waals surface area contributed by atoms with E-state index in [0.29, 0.717) is 5.56 Å². The van der Waals surface area contributed by atoms with Crippen LogP contribution in [0.15, 0.2) is 30.3 Å². The highest BCUT2D eigenvalue weighted by Crippen LogP contribution is 2.09. The summed E-state index contributed by atoms with van der Waals surface area (Å²) in [6.45, 7) is 7.29. The van der Waals surface area contributed by atoms with Gasteiger partial charge < -0.3 is 15.4 Å². The normalized spacial score (nSPS) is 13.3. The summed E-state index contributed by atoms with van der Waals surface area (Å²) in [5.41, 5.74) is 0.476. The predicted molar refractivity (Wildman–Crippen MR) is 91.3 cm³/mol. The monoisotopic (exact) mass is 334 g/mol. The Morgan fingerprint density at radius 2 is 1.42 bits per heavy atom. The van der Waals surface area contributed by atoms with Crippen LogP contribution in [0.25, 0.3) is 0 Å². The first-order chi connectivity index (χ1) is 11.3. The molecular formula is C18H26N2O4. The van der Waals surface area contributed by atoms with E-state index in [4.69, 9.17) is 4.74 Å². The highest BCUT2D eigenvalue weighted by Gasteiger charge is 2.30. The van der Waals surface area contributed by atoms with E-state index in [0.717, 1.165) is 0 Å². The largest absolute Gasteiger partial charge is 0.467 e. The summed E-state index contributed by atoms with van der Waals surface area (Å²) in [6.07, 6.45) is 0. The van der Waals surface area contributed by atoms with Crippen molar-refractivity contribution >= 4 is 17.8 Å². The van der Waals surface area contributed by atoms with Crippen LogP contribution in [0.5, 0.6) is 0 Å². The molecule has 0 saturated heterocycles. The van der Waals surface area contributed by atoms with Crippen LogP contribution in [0.2, 0.25) is 0 Å². The lowest BCUT2D eigenvalue weighted by molar-refractivity contribution is -0.146. The summed E-state index contributed by atoms with van der Waals surface area (Å²) in [5.74, 6) is -1.50. The standard InChI is InChI=1S/C18H26N2O4/c1-11(2)14(19-16(21)13-9-7-6-8-10-13)17(22)20-15(12(3)4)18(23)24-5/h6-12,14-15H,1-5H3,(H,19,21)(H,20,22)/t14-,15+/m0/s1. The summed E-state index contributed by atoms with van der Waals surface area (Å²) in [6, 6.07) is 7.18. The second-order valence-corrected chi connectivity index (χ2v) is 6.31. The minimum Gasteiger partial charge on any atom is -0.467 e. The van der Waals surface area contributed by atoms with Gasteiger partial charge in [-0.3, -0.25) is 9.59 Å². The van der Waals surface area contributed by atoms with Gasteiger partial charge in [-0.05, 0) is 24.0 Å². The molecule has 6 heteroatoms. The Balaban J connectivity index is 2.85. The Morgan fingerprint density at radius 1 is 0.875 bits per heavy atom. The highest BCUT2D eigenvalue weighted by molar-refractivity contribution is 5.98. The van der Waals surface area contributed by atoms with Gasteiger partial charge in [0.05, 0.1) is 7.11 Å². The molecule has 0 bridgehead atoms. The molecule has 0 aliphatic carbocycles. The fourth-order valence-corrected chi connectivity index (χ4v) is 2.22. The Kier molecular flexibility index (Phi) is 7.42. The molecule has 0 heterocycles. The van der Waals surface area contributed by atoms with Gasteiger partial charge in [0.15, 0.2) is 0 Å². The summed E-state index contributed by atoms with van der Waals surface area (Å²) in [5, 5.41) is 5.41. The number of nitrogens with one attached hydrogen (secondary N) is 2. The third-order valence-electron chi connectivity index (χ3n) is 3.69. The molecule has 0 unspecified atom stereocenters. The number of benzene rings is 1. The van der Waals surface area contributed by atoms with Crippen LogP contribution in [0.1, 0.15) is 38.1 Å². The number of carbonyl (C=O) groups is 3. The molecule has 0 radical (unpaired) electrons. The summed E-state index contributed by atoms with van der Waals surface area (Å²) in [7, 11) is 1.28. The molecule has 0 aromatic heterocycles. The minimum absolute atomic E-state index is 0.126. The summed E-state index contributed by atoms with van der Waals surface area (Å²) < 4.78 is 4.72. The predicted octanol–water partition coefficient (Wildman–Crippen LogP) is 1.75. The Labute approximate surface area is 143 Å². The van der Waals surface area contributed by atoms with Gasteiger partial charge in [0.1, 0.15) is 12.1 Å². The Morgan fingerprint density at radius 3 is 1.88 bits per heavy atom. The molecule has 1 rings (SSSR count). The Bertz CT molecular complexity index is 570. The molecule has 1 aromatic carbocycles. The van der Waals surface area contributed by atoms with Crippen molar-refractivity contribution in [2.45, 2.75) is 39.8 Å². The van der Waals surface area contributed by atoms with Gasteiger partial charge in [-0.1, -0.05) is 45.9 Å². The van der Waals surface area contributed by atoms with Crippen molar-refractivity contribution in [2.24, 2.45) is 11.8 Å². The van der Waals surface area contributed by atoms with Crippen LogP contribution in [0.3, 0.4) is 0 Å². The van der Waals surface area contributed by atoms with Crippen molar-refractivity contribution in [3.63, 3.8) is 0 Å². The number of carbonyl (C=O) groups excluding carboxylic acids is 3. The Hall–Kier alpha value is -2.37. The first kappa shape index (κ1) is 19.7. The smallest absolute Gasteiger partial charge is 0.328 e. The SMILES string of the molecule is COC(=O)[C@H](NC(=O)[C@@H](NC(=O)c1ccccc1)C(C)C)C(C)C. The van der Waals surface area contributed by atoms with E-state index in [1.54, 1.807) is 24.3 Å². The second kappa shape index (κ2) is 9.05.